The summed E-state index contributed by atoms with van der Waals surface area (Å²) < 4.78 is 1.85. The predicted molar refractivity (Wildman–Crippen MR) is 115 cm³/mol. The van der Waals surface area contributed by atoms with Crippen molar-refractivity contribution in [1.82, 2.24) is 20.4 Å². The van der Waals surface area contributed by atoms with Gasteiger partial charge in [-0.15, -0.1) is 35.3 Å². The Morgan fingerprint density at radius 2 is 2.00 bits per heavy atom. The fourth-order valence-electron chi connectivity index (χ4n) is 2.35. The van der Waals surface area contributed by atoms with Crippen LogP contribution in [0, 0.1) is 0 Å². The van der Waals surface area contributed by atoms with Gasteiger partial charge in [-0.3, -0.25) is 4.99 Å². The lowest BCUT2D eigenvalue weighted by Gasteiger charge is -2.12. The zero-order chi connectivity index (χ0) is 16.6. The molecule has 0 unspecified atom stereocenters. The van der Waals surface area contributed by atoms with Gasteiger partial charge < -0.3 is 10.6 Å². The maximum absolute atomic E-state index is 4.26. The minimum Gasteiger partial charge on any atom is -0.356 e. The maximum Gasteiger partial charge on any atom is 0.191 e. The monoisotopic (exact) mass is 467 g/mol. The molecule has 0 aliphatic carbocycles. The topological polar surface area (TPSA) is 54.2 Å². The second-order valence-corrected chi connectivity index (χ2v) is 6.33. The van der Waals surface area contributed by atoms with E-state index in [9.17, 15) is 0 Å². The van der Waals surface area contributed by atoms with Crippen LogP contribution >= 0.6 is 35.3 Å². The summed E-state index contributed by atoms with van der Waals surface area (Å²) in [5, 5.41) is 13.0. The second-order valence-electron chi connectivity index (χ2n) is 5.30. The van der Waals surface area contributed by atoms with Gasteiger partial charge in [-0.2, -0.15) is 5.10 Å². The Bertz CT molecular complexity index is 751. The van der Waals surface area contributed by atoms with Crippen molar-refractivity contribution in [2.24, 2.45) is 4.99 Å². The number of aliphatic imine (C=N–C) groups is 1. The Balaban J connectivity index is 0.00000225. The molecule has 0 saturated carbocycles. The van der Waals surface area contributed by atoms with Gasteiger partial charge in [0.05, 0.1) is 5.69 Å². The molecule has 0 radical (unpaired) electrons. The SMILES string of the molecule is CN=C(NCCc1cccs1)NCc1ccc(-n2cccn2)cc1.I. The van der Waals surface area contributed by atoms with Crippen molar-refractivity contribution < 1.29 is 0 Å². The van der Waals surface area contributed by atoms with Gasteiger partial charge in [0, 0.05) is 37.4 Å². The number of guanidine groups is 1. The number of thiophene rings is 1. The Labute approximate surface area is 169 Å². The van der Waals surface area contributed by atoms with E-state index in [-0.39, 0.29) is 24.0 Å². The number of hydrogen-bond donors (Lipinski definition) is 2. The summed E-state index contributed by atoms with van der Waals surface area (Å²) in [6, 6.07) is 14.5. The average molecular weight is 467 g/mol. The number of rotatable bonds is 6. The number of hydrogen-bond acceptors (Lipinski definition) is 3. The molecule has 132 valence electrons. The van der Waals surface area contributed by atoms with Crippen molar-refractivity contribution in [1.29, 1.82) is 0 Å². The molecule has 2 aromatic heterocycles. The average Bonchev–Trinajstić information content (AvgIpc) is 3.32. The molecule has 0 bridgehead atoms. The van der Waals surface area contributed by atoms with E-state index in [1.165, 1.54) is 10.4 Å². The highest BCUT2D eigenvalue weighted by Crippen LogP contribution is 2.09. The van der Waals surface area contributed by atoms with E-state index in [0.717, 1.165) is 31.2 Å². The van der Waals surface area contributed by atoms with Gasteiger partial charge in [-0.25, -0.2) is 4.68 Å². The van der Waals surface area contributed by atoms with E-state index < -0.39 is 0 Å². The largest absolute Gasteiger partial charge is 0.356 e. The molecule has 5 nitrogen and oxygen atoms in total. The molecule has 25 heavy (non-hydrogen) atoms. The van der Waals surface area contributed by atoms with Crippen LogP contribution in [0.3, 0.4) is 0 Å². The molecule has 7 heteroatoms. The van der Waals surface area contributed by atoms with Gasteiger partial charge in [0.25, 0.3) is 0 Å². The van der Waals surface area contributed by atoms with Gasteiger partial charge in [0.1, 0.15) is 0 Å². The third-order valence-corrected chi connectivity index (χ3v) is 4.57. The zero-order valence-electron chi connectivity index (χ0n) is 14.1. The molecule has 2 N–H and O–H groups in total. The summed E-state index contributed by atoms with van der Waals surface area (Å²) >= 11 is 1.79. The summed E-state index contributed by atoms with van der Waals surface area (Å²) in [6.45, 7) is 1.61. The number of nitrogens with zero attached hydrogens (tertiary/aromatic N) is 3. The predicted octanol–water partition coefficient (Wildman–Crippen LogP) is 3.46. The van der Waals surface area contributed by atoms with Gasteiger partial charge >= 0.3 is 0 Å². The first-order chi connectivity index (χ1) is 11.8. The van der Waals surface area contributed by atoms with E-state index >= 15 is 0 Å². The van der Waals surface area contributed by atoms with E-state index in [2.05, 4.69) is 62.5 Å². The quantitative estimate of drug-likeness (QED) is 0.332. The van der Waals surface area contributed by atoms with E-state index in [0.29, 0.717) is 0 Å². The molecule has 2 heterocycles. The third-order valence-electron chi connectivity index (χ3n) is 3.63. The normalized spacial score (nSPS) is 11.0. The van der Waals surface area contributed by atoms with Crippen LogP contribution in [-0.4, -0.2) is 29.3 Å². The van der Waals surface area contributed by atoms with Gasteiger partial charge in [0.15, 0.2) is 5.96 Å². The van der Waals surface area contributed by atoms with Crippen LogP contribution in [0.2, 0.25) is 0 Å². The van der Waals surface area contributed by atoms with Crippen LogP contribution in [0.5, 0.6) is 0 Å². The Kier molecular flexibility index (Phi) is 7.93. The zero-order valence-corrected chi connectivity index (χ0v) is 17.2. The van der Waals surface area contributed by atoms with Gasteiger partial charge in [-0.1, -0.05) is 18.2 Å². The molecule has 3 rings (SSSR count). The standard InChI is InChI=1S/C18H21N5S.HI/c1-19-18(20-11-9-17-4-2-13-24-17)21-14-15-5-7-16(8-6-15)23-12-3-10-22-23;/h2-8,10,12-13H,9,11,14H2,1H3,(H2,19,20,21);1H. The van der Waals surface area contributed by atoms with Crippen LogP contribution in [0.4, 0.5) is 0 Å². The molecule has 0 saturated heterocycles. The van der Waals surface area contributed by atoms with Crippen molar-refractivity contribution in [3.63, 3.8) is 0 Å². The Morgan fingerprint density at radius 3 is 2.64 bits per heavy atom. The molecule has 0 amide bonds. The van der Waals surface area contributed by atoms with Crippen molar-refractivity contribution in [3.8, 4) is 5.69 Å². The van der Waals surface area contributed by atoms with Crippen molar-refractivity contribution >= 4 is 41.3 Å². The minimum atomic E-state index is 0. The fourth-order valence-corrected chi connectivity index (χ4v) is 3.06. The highest BCUT2D eigenvalue weighted by molar-refractivity contribution is 14.0. The number of nitrogens with one attached hydrogen (secondary N) is 2. The summed E-state index contributed by atoms with van der Waals surface area (Å²) in [5.41, 5.74) is 2.26. The lowest BCUT2D eigenvalue weighted by atomic mass is 10.2. The van der Waals surface area contributed by atoms with Crippen LogP contribution in [0.25, 0.3) is 5.69 Å². The molecular weight excluding hydrogens is 445 g/mol. The minimum absolute atomic E-state index is 0. The van der Waals surface area contributed by atoms with Crippen molar-refractivity contribution in [3.05, 3.63) is 70.7 Å². The van der Waals surface area contributed by atoms with Gasteiger partial charge in [-0.05, 0) is 41.6 Å². The smallest absolute Gasteiger partial charge is 0.191 e. The summed E-state index contributed by atoms with van der Waals surface area (Å²) in [7, 11) is 1.79. The molecule has 0 atom stereocenters. The van der Waals surface area contributed by atoms with Crippen molar-refractivity contribution in [2.45, 2.75) is 13.0 Å². The summed E-state index contributed by atoms with van der Waals surface area (Å²) in [5.74, 6) is 0.822. The molecule has 0 aliphatic heterocycles. The Morgan fingerprint density at radius 1 is 1.16 bits per heavy atom. The first kappa shape index (κ1) is 19.5. The maximum atomic E-state index is 4.26. The van der Waals surface area contributed by atoms with E-state index in [1.54, 1.807) is 24.6 Å². The summed E-state index contributed by atoms with van der Waals surface area (Å²) in [6.07, 6.45) is 4.73. The Hall–Kier alpha value is -1.87. The molecule has 1 aromatic carbocycles. The van der Waals surface area contributed by atoms with Crippen LogP contribution in [0.15, 0.2) is 65.2 Å². The van der Waals surface area contributed by atoms with Crippen molar-refractivity contribution in [2.75, 3.05) is 13.6 Å². The van der Waals surface area contributed by atoms with Crippen LogP contribution < -0.4 is 10.6 Å². The number of aromatic nitrogens is 2. The molecule has 0 fully saturated rings. The third kappa shape index (κ3) is 5.86. The van der Waals surface area contributed by atoms with Crippen LogP contribution in [0.1, 0.15) is 10.4 Å². The lowest BCUT2D eigenvalue weighted by molar-refractivity contribution is 0.798. The molecule has 0 aliphatic rings. The first-order valence-corrected chi connectivity index (χ1v) is 8.79. The number of benzene rings is 1. The van der Waals surface area contributed by atoms with E-state index in [1.807, 2.05) is 16.9 Å². The fraction of sp³-hybridized carbons (Fsp3) is 0.222. The summed E-state index contributed by atoms with van der Waals surface area (Å²) in [4.78, 5) is 5.65. The lowest BCUT2D eigenvalue weighted by Crippen LogP contribution is -2.37. The highest BCUT2D eigenvalue weighted by Gasteiger charge is 2.01. The van der Waals surface area contributed by atoms with Gasteiger partial charge in [0.2, 0.25) is 0 Å². The highest BCUT2D eigenvalue weighted by atomic mass is 127. The molecular formula is C18H22IN5S. The second kappa shape index (κ2) is 10.2. The molecule has 0 spiro atoms. The van der Waals surface area contributed by atoms with Crippen LogP contribution in [-0.2, 0) is 13.0 Å². The molecule has 3 aromatic rings. The first-order valence-electron chi connectivity index (χ1n) is 7.91. The number of halogens is 1. The van der Waals surface area contributed by atoms with E-state index in [4.69, 9.17) is 0 Å².